The molecule has 5 nitrogen and oxygen atoms in total. The van der Waals surface area contributed by atoms with Crippen molar-refractivity contribution in [2.75, 3.05) is 25.0 Å². The van der Waals surface area contributed by atoms with Crippen molar-refractivity contribution in [2.24, 2.45) is 0 Å². The number of carbonyl (C=O) groups excluding carboxylic acids is 2. The maximum Gasteiger partial charge on any atom is 0.259 e. The highest BCUT2D eigenvalue weighted by Gasteiger charge is 2.23. The molecule has 0 unspecified atom stereocenters. The van der Waals surface area contributed by atoms with Crippen molar-refractivity contribution in [1.82, 2.24) is 4.90 Å². The van der Waals surface area contributed by atoms with Crippen molar-refractivity contribution < 1.29 is 14.3 Å². The highest BCUT2D eigenvalue weighted by atomic mass is 79.9. The molecule has 26 heavy (non-hydrogen) atoms. The highest BCUT2D eigenvalue weighted by molar-refractivity contribution is 9.10. The van der Waals surface area contributed by atoms with Gasteiger partial charge in [-0.15, -0.1) is 0 Å². The van der Waals surface area contributed by atoms with E-state index in [-0.39, 0.29) is 11.8 Å². The van der Waals surface area contributed by atoms with Crippen LogP contribution in [-0.4, -0.2) is 36.4 Å². The Morgan fingerprint density at radius 3 is 2.58 bits per heavy atom. The van der Waals surface area contributed by atoms with Gasteiger partial charge in [-0.05, 0) is 50.1 Å². The van der Waals surface area contributed by atoms with E-state index in [4.69, 9.17) is 4.74 Å². The van der Waals surface area contributed by atoms with Crippen LogP contribution >= 0.6 is 15.9 Å². The normalized spacial score (nSPS) is 13.5. The molecule has 3 rings (SSSR count). The summed E-state index contributed by atoms with van der Waals surface area (Å²) >= 11 is 3.39. The summed E-state index contributed by atoms with van der Waals surface area (Å²) in [6, 6.07) is 12.4. The van der Waals surface area contributed by atoms with Gasteiger partial charge in [-0.25, -0.2) is 0 Å². The fourth-order valence-electron chi connectivity index (χ4n) is 3.02. The van der Waals surface area contributed by atoms with Gasteiger partial charge >= 0.3 is 0 Å². The van der Waals surface area contributed by atoms with Gasteiger partial charge in [0.1, 0.15) is 5.75 Å². The standard InChI is InChI=1S/C20H21BrN2O3/c1-2-26-18-10-9-14(21)13-16(18)19(24)22-17-8-4-3-7-15(17)20(25)23-11-5-6-12-23/h3-4,7-10,13H,2,5-6,11-12H2,1H3,(H,22,24). The summed E-state index contributed by atoms with van der Waals surface area (Å²) in [5.41, 5.74) is 1.44. The van der Waals surface area contributed by atoms with Crippen molar-refractivity contribution in [3.63, 3.8) is 0 Å². The number of likely N-dealkylation sites (tertiary alicyclic amines) is 1. The smallest absolute Gasteiger partial charge is 0.259 e. The zero-order chi connectivity index (χ0) is 18.5. The van der Waals surface area contributed by atoms with E-state index in [9.17, 15) is 9.59 Å². The molecule has 2 amide bonds. The number of ether oxygens (including phenoxy) is 1. The second kappa shape index (κ2) is 8.36. The van der Waals surface area contributed by atoms with Crippen LogP contribution < -0.4 is 10.1 Å². The summed E-state index contributed by atoms with van der Waals surface area (Å²) in [5.74, 6) is 0.158. The quantitative estimate of drug-likeness (QED) is 0.788. The van der Waals surface area contributed by atoms with Gasteiger partial charge in [0.05, 0.1) is 23.4 Å². The average Bonchev–Trinajstić information content (AvgIpc) is 3.18. The number of nitrogens with one attached hydrogen (secondary N) is 1. The number of hydrogen-bond acceptors (Lipinski definition) is 3. The van der Waals surface area contributed by atoms with Gasteiger partial charge in [0.25, 0.3) is 11.8 Å². The van der Waals surface area contributed by atoms with Crippen LogP contribution in [0.3, 0.4) is 0 Å². The molecule has 1 fully saturated rings. The summed E-state index contributed by atoms with van der Waals surface area (Å²) in [6.45, 7) is 3.86. The first kappa shape index (κ1) is 18.5. The van der Waals surface area contributed by atoms with Gasteiger partial charge < -0.3 is 15.0 Å². The topological polar surface area (TPSA) is 58.6 Å². The number of amides is 2. The van der Waals surface area contributed by atoms with Gasteiger partial charge in [0.2, 0.25) is 0 Å². The van der Waals surface area contributed by atoms with E-state index in [1.165, 1.54) is 0 Å². The molecule has 0 aromatic heterocycles. The van der Waals surface area contributed by atoms with E-state index in [0.717, 1.165) is 30.4 Å². The Morgan fingerprint density at radius 1 is 1.12 bits per heavy atom. The van der Waals surface area contributed by atoms with E-state index < -0.39 is 0 Å². The molecule has 1 aliphatic heterocycles. The molecular weight excluding hydrogens is 396 g/mol. The Balaban J connectivity index is 1.86. The zero-order valence-electron chi connectivity index (χ0n) is 14.6. The van der Waals surface area contributed by atoms with Crippen LogP contribution in [0.25, 0.3) is 0 Å². The molecule has 0 aliphatic carbocycles. The van der Waals surface area contributed by atoms with E-state index >= 15 is 0 Å². The number of nitrogens with zero attached hydrogens (tertiary/aromatic N) is 1. The minimum atomic E-state index is -0.309. The molecule has 1 saturated heterocycles. The summed E-state index contributed by atoms with van der Waals surface area (Å²) in [7, 11) is 0. The van der Waals surface area contributed by atoms with Gasteiger partial charge in [-0.1, -0.05) is 28.1 Å². The van der Waals surface area contributed by atoms with Crippen LogP contribution in [0.5, 0.6) is 5.75 Å². The maximum atomic E-state index is 12.8. The number of carbonyl (C=O) groups is 2. The first-order valence-electron chi connectivity index (χ1n) is 8.72. The molecule has 6 heteroatoms. The number of benzene rings is 2. The molecule has 0 saturated carbocycles. The Bertz CT molecular complexity index is 816. The van der Waals surface area contributed by atoms with Crippen molar-refractivity contribution >= 4 is 33.4 Å². The van der Waals surface area contributed by atoms with Gasteiger partial charge in [0, 0.05) is 17.6 Å². The SMILES string of the molecule is CCOc1ccc(Br)cc1C(=O)Nc1ccccc1C(=O)N1CCCC1. The van der Waals surface area contributed by atoms with Crippen molar-refractivity contribution in [3.8, 4) is 5.75 Å². The van der Waals surface area contributed by atoms with Gasteiger partial charge in [0.15, 0.2) is 0 Å². The highest BCUT2D eigenvalue weighted by Crippen LogP contribution is 2.26. The molecule has 1 heterocycles. The third kappa shape index (κ3) is 4.07. The van der Waals surface area contributed by atoms with Crippen molar-refractivity contribution in [1.29, 1.82) is 0 Å². The molecule has 0 radical (unpaired) electrons. The lowest BCUT2D eigenvalue weighted by molar-refractivity contribution is 0.0794. The summed E-state index contributed by atoms with van der Waals surface area (Å²) in [4.78, 5) is 27.4. The number of halogens is 1. The average molecular weight is 417 g/mol. The number of hydrogen-bond donors (Lipinski definition) is 1. The third-order valence-electron chi connectivity index (χ3n) is 4.29. The molecule has 0 atom stereocenters. The fraction of sp³-hybridized carbons (Fsp3) is 0.300. The van der Waals surface area contributed by atoms with Crippen LogP contribution in [-0.2, 0) is 0 Å². The number of anilines is 1. The second-order valence-electron chi connectivity index (χ2n) is 6.07. The largest absolute Gasteiger partial charge is 0.493 e. The van der Waals surface area contributed by atoms with Crippen LogP contribution in [0, 0.1) is 0 Å². The molecule has 1 N–H and O–H groups in total. The molecule has 0 bridgehead atoms. The van der Waals surface area contributed by atoms with Gasteiger partial charge in [-0.2, -0.15) is 0 Å². The predicted octanol–water partition coefficient (Wildman–Crippen LogP) is 4.34. The third-order valence-corrected chi connectivity index (χ3v) is 4.78. The van der Waals surface area contributed by atoms with Crippen molar-refractivity contribution in [3.05, 3.63) is 58.1 Å². The van der Waals surface area contributed by atoms with E-state index in [1.807, 2.05) is 24.0 Å². The van der Waals surface area contributed by atoms with Crippen LogP contribution in [0.1, 0.15) is 40.5 Å². The Hall–Kier alpha value is -2.34. The minimum absolute atomic E-state index is 0.0438. The Kier molecular flexibility index (Phi) is 5.93. The predicted molar refractivity (Wildman–Crippen MR) is 105 cm³/mol. The lowest BCUT2D eigenvalue weighted by Crippen LogP contribution is -2.28. The second-order valence-corrected chi connectivity index (χ2v) is 6.99. The number of rotatable bonds is 5. The first-order chi connectivity index (χ1) is 12.6. The molecule has 1 aliphatic rings. The first-order valence-corrected chi connectivity index (χ1v) is 9.51. The fourth-order valence-corrected chi connectivity index (χ4v) is 3.38. The molecule has 2 aromatic rings. The molecule has 0 spiro atoms. The Labute approximate surface area is 161 Å². The van der Waals surface area contributed by atoms with Crippen molar-refractivity contribution in [2.45, 2.75) is 19.8 Å². The summed E-state index contributed by atoms with van der Waals surface area (Å²) in [6.07, 6.45) is 2.05. The molecule has 136 valence electrons. The van der Waals surface area contributed by atoms with Gasteiger partial charge in [-0.3, -0.25) is 9.59 Å². The van der Waals surface area contributed by atoms with E-state index in [2.05, 4.69) is 21.2 Å². The van der Waals surface area contributed by atoms with E-state index in [0.29, 0.717) is 29.2 Å². The van der Waals surface area contributed by atoms with Crippen LogP contribution in [0.2, 0.25) is 0 Å². The minimum Gasteiger partial charge on any atom is -0.493 e. The Morgan fingerprint density at radius 2 is 1.85 bits per heavy atom. The summed E-state index contributed by atoms with van der Waals surface area (Å²) in [5, 5.41) is 2.87. The maximum absolute atomic E-state index is 12.8. The zero-order valence-corrected chi connectivity index (χ0v) is 16.2. The lowest BCUT2D eigenvalue weighted by Gasteiger charge is -2.18. The summed E-state index contributed by atoms with van der Waals surface area (Å²) < 4.78 is 6.34. The van der Waals surface area contributed by atoms with Crippen LogP contribution in [0.4, 0.5) is 5.69 Å². The monoisotopic (exact) mass is 416 g/mol. The molecular formula is C20H21BrN2O3. The lowest BCUT2D eigenvalue weighted by atomic mass is 10.1. The number of para-hydroxylation sites is 1. The van der Waals surface area contributed by atoms with Crippen LogP contribution in [0.15, 0.2) is 46.9 Å². The van der Waals surface area contributed by atoms with E-state index in [1.54, 1.807) is 30.3 Å². The molecule has 2 aromatic carbocycles.